The first-order valence-electron chi connectivity index (χ1n) is 8.96. The minimum Gasteiger partial charge on any atom is -0.394 e. The van der Waals surface area contributed by atoms with E-state index in [9.17, 15) is 0 Å². The minimum absolute atomic E-state index is 0.0410. The van der Waals surface area contributed by atoms with E-state index in [1.165, 1.54) is 11.1 Å². The minimum atomic E-state index is -0.0410. The van der Waals surface area contributed by atoms with Crippen LogP contribution in [0.4, 0.5) is 0 Å². The van der Waals surface area contributed by atoms with Crippen LogP contribution in [-0.2, 0) is 9.47 Å². The van der Waals surface area contributed by atoms with Crippen LogP contribution in [0.5, 0.6) is 0 Å². The molecule has 0 bridgehead atoms. The molecule has 1 N–H and O–H groups in total. The first kappa shape index (κ1) is 21.7. The molecule has 0 saturated carbocycles. The van der Waals surface area contributed by atoms with Gasteiger partial charge in [0.2, 0.25) is 0 Å². The first-order chi connectivity index (χ1) is 11.2. The zero-order valence-corrected chi connectivity index (χ0v) is 16.9. The molecule has 0 aliphatic carbocycles. The summed E-state index contributed by atoms with van der Waals surface area (Å²) in [7, 11) is 0. The maximum atomic E-state index is 8.81. The van der Waals surface area contributed by atoms with Crippen LogP contribution in [0.2, 0.25) is 0 Å². The van der Waals surface area contributed by atoms with E-state index in [0.29, 0.717) is 12.0 Å². The molecule has 2 saturated heterocycles. The smallest absolute Gasteiger partial charge is 0.110 e. The third-order valence-corrected chi connectivity index (χ3v) is 5.04. The van der Waals surface area contributed by atoms with E-state index in [0.717, 1.165) is 25.7 Å². The van der Waals surface area contributed by atoms with Crippen molar-refractivity contribution in [2.75, 3.05) is 12.5 Å². The standard InChI is InChI=1S/C10H17ClO.C10H18O2/c2*1-8(2)5-4-6-10(3)9(7-11)12-10/h5,9H,4,6-7H2,1-3H3;5,9,11H,4,6-7H2,1-3H3/t2*9-,10-/m00/s1. The topological polar surface area (TPSA) is 45.3 Å². The average Bonchev–Trinajstić information content (AvgIpc) is 3.34. The van der Waals surface area contributed by atoms with Crippen LogP contribution in [0, 0.1) is 0 Å². The number of hydrogen-bond acceptors (Lipinski definition) is 3. The molecular formula is C20H35ClO3. The molecule has 0 aromatic heterocycles. The van der Waals surface area contributed by atoms with Crippen molar-refractivity contribution >= 4 is 11.6 Å². The lowest BCUT2D eigenvalue weighted by Crippen LogP contribution is -2.11. The predicted molar refractivity (Wildman–Crippen MR) is 102 cm³/mol. The van der Waals surface area contributed by atoms with Crippen LogP contribution >= 0.6 is 11.6 Å². The normalized spacial score (nSPS) is 33.2. The Hall–Kier alpha value is -0.350. The van der Waals surface area contributed by atoms with Gasteiger partial charge in [-0.1, -0.05) is 23.3 Å². The van der Waals surface area contributed by atoms with Crippen LogP contribution in [0.1, 0.15) is 67.2 Å². The Bertz CT molecular complexity index is 410. The van der Waals surface area contributed by atoms with E-state index >= 15 is 0 Å². The largest absolute Gasteiger partial charge is 0.394 e. The van der Waals surface area contributed by atoms with Gasteiger partial charge in [-0.2, -0.15) is 0 Å². The molecule has 0 amide bonds. The molecule has 24 heavy (non-hydrogen) atoms. The van der Waals surface area contributed by atoms with Gasteiger partial charge in [0.25, 0.3) is 0 Å². The zero-order chi connectivity index (χ0) is 18.4. The number of halogens is 1. The summed E-state index contributed by atoms with van der Waals surface area (Å²) in [5.41, 5.74) is 2.76. The van der Waals surface area contributed by atoms with Crippen molar-refractivity contribution in [1.29, 1.82) is 0 Å². The molecule has 2 fully saturated rings. The number of alkyl halides is 1. The zero-order valence-electron chi connectivity index (χ0n) is 16.2. The number of hydrogen-bond donors (Lipinski definition) is 1. The second-order valence-electron chi connectivity index (χ2n) is 7.82. The number of ether oxygens (including phenoxy) is 2. The molecule has 2 aliphatic heterocycles. The van der Waals surface area contributed by atoms with Crippen LogP contribution < -0.4 is 0 Å². The Labute approximate surface area is 153 Å². The van der Waals surface area contributed by atoms with E-state index in [1.807, 2.05) is 0 Å². The van der Waals surface area contributed by atoms with Crippen LogP contribution in [0.25, 0.3) is 0 Å². The summed E-state index contributed by atoms with van der Waals surface area (Å²) in [5, 5.41) is 8.81. The Morgan fingerprint density at radius 3 is 1.62 bits per heavy atom. The third kappa shape index (κ3) is 7.26. The molecular weight excluding hydrogens is 324 g/mol. The molecule has 2 aliphatic rings. The third-order valence-electron chi connectivity index (χ3n) is 4.76. The molecule has 2 heterocycles. The highest BCUT2D eigenvalue weighted by Crippen LogP contribution is 2.41. The molecule has 0 radical (unpaired) electrons. The predicted octanol–water partition coefficient (Wildman–Crippen LogP) is 5.01. The van der Waals surface area contributed by atoms with Crippen molar-refractivity contribution in [3.05, 3.63) is 23.3 Å². The van der Waals surface area contributed by atoms with Crippen molar-refractivity contribution in [2.45, 2.75) is 90.6 Å². The van der Waals surface area contributed by atoms with Gasteiger partial charge in [0.05, 0.1) is 23.7 Å². The van der Waals surface area contributed by atoms with Crippen molar-refractivity contribution in [3.8, 4) is 0 Å². The average molecular weight is 359 g/mol. The Kier molecular flexibility index (Phi) is 8.47. The second-order valence-corrected chi connectivity index (χ2v) is 8.12. The van der Waals surface area contributed by atoms with E-state index < -0.39 is 0 Å². The number of epoxide rings is 2. The summed E-state index contributed by atoms with van der Waals surface area (Å²) in [4.78, 5) is 0. The molecule has 0 spiro atoms. The highest BCUT2D eigenvalue weighted by atomic mass is 35.5. The summed E-state index contributed by atoms with van der Waals surface area (Å²) in [6.45, 7) is 12.8. The van der Waals surface area contributed by atoms with Gasteiger partial charge >= 0.3 is 0 Å². The summed E-state index contributed by atoms with van der Waals surface area (Å²) >= 11 is 5.68. The Balaban J connectivity index is 0.000000240. The van der Waals surface area contributed by atoms with Gasteiger partial charge in [0.15, 0.2) is 0 Å². The van der Waals surface area contributed by atoms with Crippen LogP contribution in [-0.4, -0.2) is 41.0 Å². The van der Waals surface area contributed by atoms with E-state index in [1.54, 1.807) is 0 Å². The first-order valence-corrected chi connectivity index (χ1v) is 9.49. The number of rotatable bonds is 8. The van der Waals surface area contributed by atoms with Gasteiger partial charge in [0, 0.05) is 0 Å². The van der Waals surface area contributed by atoms with Crippen molar-refractivity contribution in [1.82, 2.24) is 0 Å². The summed E-state index contributed by atoms with van der Waals surface area (Å²) in [6, 6.07) is 0. The van der Waals surface area contributed by atoms with E-state index in [4.69, 9.17) is 26.2 Å². The van der Waals surface area contributed by atoms with Gasteiger partial charge in [-0.05, 0) is 67.2 Å². The molecule has 4 atom stereocenters. The van der Waals surface area contributed by atoms with Gasteiger partial charge in [0.1, 0.15) is 12.2 Å². The Morgan fingerprint density at radius 1 is 0.917 bits per heavy atom. The SMILES string of the molecule is CC(C)=CCC[C@]1(C)O[C@H]1CCl.CC(C)=CCC[C@]1(C)O[C@H]1CO. The van der Waals surface area contributed by atoms with Crippen molar-refractivity contribution in [3.63, 3.8) is 0 Å². The molecule has 0 aromatic rings. The summed E-state index contributed by atoms with van der Waals surface area (Å²) in [5.74, 6) is 0.630. The highest BCUT2D eigenvalue weighted by Gasteiger charge is 2.51. The highest BCUT2D eigenvalue weighted by molar-refractivity contribution is 6.18. The molecule has 140 valence electrons. The second kappa shape index (κ2) is 9.38. The fourth-order valence-electron chi connectivity index (χ4n) is 2.74. The van der Waals surface area contributed by atoms with Crippen LogP contribution in [0.3, 0.4) is 0 Å². The molecule has 0 aromatic carbocycles. The number of aliphatic hydroxyl groups is 1. The molecule has 0 unspecified atom stereocenters. The monoisotopic (exact) mass is 358 g/mol. The summed E-state index contributed by atoms with van der Waals surface area (Å²) in [6.07, 6.45) is 9.10. The maximum absolute atomic E-state index is 8.81. The number of allylic oxidation sites excluding steroid dienone is 4. The van der Waals surface area contributed by atoms with Gasteiger partial charge in [-0.25, -0.2) is 0 Å². The van der Waals surface area contributed by atoms with Crippen molar-refractivity contribution in [2.24, 2.45) is 0 Å². The van der Waals surface area contributed by atoms with E-state index in [-0.39, 0.29) is 23.9 Å². The molecule has 2 rings (SSSR count). The number of aliphatic hydroxyl groups excluding tert-OH is 1. The fraction of sp³-hybridized carbons (Fsp3) is 0.800. The van der Waals surface area contributed by atoms with Gasteiger partial charge < -0.3 is 14.6 Å². The lowest BCUT2D eigenvalue weighted by atomic mass is 10.0. The lowest BCUT2D eigenvalue weighted by molar-refractivity contribution is 0.235. The summed E-state index contributed by atoms with van der Waals surface area (Å²) < 4.78 is 10.8. The molecule has 3 nitrogen and oxygen atoms in total. The lowest BCUT2D eigenvalue weighted by Gasteiger charge is -2.02. The van der Waals surface area contributed by atoms with Crippen molar-refractivity contribution < 1.29 is 14.6 Å². The quantitative estimate of drug-likeness (QED) is 0.376. The Morgan fingerprint density at radius 2 is 1.33 bits per heavy atom. The maximum Gasteiger partial charge on any atom is 0.110 e. The van der Waals surface area contributed by atoms with Gasteiger partial charge in [-0.3, -0.25) is 0 Å². The van der Waals surface area contributed by atoms with Crippen LogP contribution in [0.15, 0.2) is 23.3 Å². The van der Waals surface area contributed by atoms with E-state index in [2.05, 4.69) is 53.7 Å². The fourth-order valence-corrected chi connectivity index (χ4v) is 3.13. The van der Waals surface area contributed by atoms with Gasteiger partial charge in [-0.15, -0.1) is 11.6 Å². The molecule has 4 heteroatoms.